The monoisotopic (exact) mass is 399 g/mol. The van der Waals surface area contributed by atoms with E-state index in [4.69, 9.17) is 0 Å². The molecular weight excluding hydrogens is 378 g/mol. The lowest BCUT2D eigenvalue weighted by Crippen LogP contribution is -2.25. The Morgan fingerprint density at radius 1 is 1.26 bits per heavy atom. The highest BCUT2D eigenvalue weighted by Crippen LogP contribution is 2.13. The molecule has 0 radical (unpaired) electrons. The number of aryl methyl sites for hydroxylation is 1. The molecule has 0 saturated carbocycles. The Balaban J connectivity index is 1.85. The summed E-state index contributed by atoms with van der Waals surface area (Å²) in [5.41, 5.74) is 1.16. The van der Waals surface area contributed by atoms with E-state index >= 15 is 0 Å². The van der Waals surface area contributed by atoms with E-state index < -0.39 is 10.0 Å². The molecule has 0 unspecified atom stereocenters. The van der Waals surface area contributed by atoms with Crippen molar-refractivity contribution in [3.63, 3.8) is 0 Å². The molecule has 1 aromatic carbocycles. The van der Waals surface area contributed by atoms with E-state index in [1.54, 1.807) is 23.0 Å². The van der Waals surface area contributed by atoms with Crippen molar-refractivity contribution < 1.29 is 8.42 Å². The number of nitrogens with zero attached hydrogens (tertiary/aromatic N) is 2. The van der Waals surface area contributed by atoms with Crippen LogP contribution in [0.1, 0.15) is 25.8 Å². The Labute approximate surface area is 146 Å². The molecule has 2 rings (SSSR count). The number of aromatic nitrogens is 2. The van der Waals surface area contributed by atoms with E-state index in [2.05, 4.69) is 39.6 Å². The SMILES string of the molecule is CC(C)Cc1ccc(S(=O)(=O)NCCCn2cc(Br)cn2)cc1. The molecule has 0 aliphatic carbocycles. The summed E-state index contributed by atoms with van der Waals surface area (Å²) < 4.78 is 29.8. The maximum Gasteiger partial charge on any atom is 0.240 e. The van der Waals surface area contributed by atoms with Gasteiger partial charge in [-0.15, -0.1) is 0 Å². The molecular formula is C16H22BrN3O2S. The van der Waals surface area contributed by atoms with Gasteiger partial charge in [0, 0.05) is 19.3 Å². The fourth-order valence-electron chi connectivity index (χ4n) is 2.27. The summed E-state index contributed by atoms with van der Waals surface area (Å²) in [6, 6.07) is 7.11. The van der Waals surface area contributed by atoms with Gasteiger partial charge in [0.25, 0.3) is 0 Å². The van der Waals surface area contributed by atoms with Crippen molar-refractivity contribution in [1.29, 1.82) is 0 Å². The van der Waals surface area contributed by atoms with Gasteiger partial charge in [0.15, 0.2) is 0 Å². The van der Waals surface area contributed by atoms with Crippen LogP contribution in [0.4, 0.5) is 0 Å². The number of halogens is 1. The number of hydrogen-bond donors (Lipinski definition) is 1. The van der Waals surface area contributed by atoms with Crippen LogP contribution in [0.25, 0.3) is 0 Å². The summed E-state index contributed by atoms with van der Waals surface area (Å²) in [6.45, 7) is 5.34. The van der Waals surface area contributed by atoms with Crippen molar-refractivity contribution in [3.05, 3.63) is 46.7 Å². The predicted molar refractivity (Wildman–Crippen MR) is 94.7 cm³/mol. The maximum atomic E-state index is 12.2. The van der Waals surface area contributed by atoms with Crippen molar-refractivity contribution in [2.45, 2.75) is 38.1 Å². The third kappa shape index (κ3) is 5.75. The van der Waals surface area contributed by atoms with Gasteiger partial charge in [-0.1, -0.05) is 26.0 Å². The van der Waals surface area contributed by atoms with Crippen LogP contribution in [-0.2, 0) is 23.0 Å². The first-order chi connectivity index (χ1) is 10.9. The molecule has 0 aliphatic rings. The summed E-state index contributed by atoms with van der Waals surface area (Å²) in [4.78, 5) is 0.312. The number of nitrogens with one attached hydrogen (secondary N) is 1. The topological polar surface area (TPSA) is 64.0 Å². The van der Waals surface area contributed by atoms with Gasteiger partial charge in [0.2, 0.25) is 10.0 Å². The zero-order chi connectivity index (χ0) is 16.9. The average molecular weight is 400 g/mol. The standard InChI is InChI=1S/C16H22BrN3O2S/c1-13(2)10-14-4-6-16(7-5-14)23(21,22)19-8-3-9-20-12-15(17)11-18-20/h4-7,11-13,19H,3,8-10H2,1-2H3. The first-order valence-corrected chi connectivity index (χ1v) is 9.91. The highest BCUT2D eigenvalue weighted by molar-refractivity contribution is 9.10. The second-order valence-corrected chi connectivity index (χ2v) is 8.60. The average Bonchev–Trinajstić information content (AvgIpc) is 2.89. The summed E-state index contributed by atoms with van der Waals surface area (Å²) in [7, 11) is -3.44. The minimum Gasteiger partial charge on any atom is -0.272 e. The van der Waals surface area contributed by atoms with E-state index in [0.717, 1.165) is 16.5 Å². The molecule has 1 aromatic heterocycles. The predicted octanol–water partition coefficient (Wildman–Crippen LogP) is 3.21. The van der Waals surface area contributed by atoms with Crippen molar-refractivity contribution in [2.24, 2.45) is 5.92 Å². The lowest BCUT2D eigenvalue weighted by atomic mass is 10.0. The molecule has 1 N–H and O–H groups in total. The third-order valence-corrected chi connectivity index (χ3v) is 5.22. The van der Waals surface area contributed by atoms with Gasteiger partial charge in [0.05, 0.1) is 15.6 Å². The summed E-state index contributed by atoms with van der Waals surface area (Å²) >= 11 is 3.33. The van der Waals surface area contributed by atoms with Crippen molar-refractivity contribution in [1.82, 2.24) is 14.5 Å². The van der Waals surface area contributed by atoms with Gasteiger partial charge in [-0.3, -0.25) is 4.68 Å². The quantitative estimate of drug-likeness (QED) is 0.693. The molecule has 0 atom stereocenters. The van der Waals surface area contributed by atoms with Gasteiger partial charge < -0.3 is 0 Å². The zero-order valence-corrected chi connectivity index (χ0v) is 15.8. The van der Waals surface area contributed by atoms with Gasteiger partial charge in [-0.25, -0.2) is 13.1 Å². The van der Waals surface area contributed by atoms with Gasteiger partial charge in [-0.05, 0) is 52.4 Å². The van der Waals surface area contributed by atoms with Crippen LogP contribution in [0.15, 0.2) is 46.0 Å². The van der Waals surface area contributed by atoms with E-state index in [9.17, 15) is 8.42 Å². The van der Waals surface area contributed by atoms with Crippen LogP contribution in [0.3, 0.4) is 0 Å². The van der Waals surface area contributed by atoms with Gasteiger partial charge >= 0.3 is 0 Å². The van der Waals surface area contributed by atoms with Crippen molar-refractivity contribution in [2.75, 3.05) is 6.54 Å². The Kier molecular flexibility index (Phi) is 6.38. The van der Waals surface area contributed by atoms with Crippen molar-refractivity contribution in [3.8, 4) is 0 Å². The maximum absolute atomic E-state index is 12.2. The molecule has 0 fully saturated rings. The molecule has 0 saturated heterocycles. The number of sulfonamides is 1. The molecule has 2 aromatic rings. The fourth-order valence-corrected chi connectivity index (χ4v) is 3.67. The lowest BCUT2D eigenvalue weighted by Gasteiger charge is -2.09. The Hall–Kier alpha value is -1.18. The molecule has 126 valence electrons. The van der Waals surface area contributed by atoms with Crippen LogP contribution in [0.2, 0.25) is 0 Å². The van der Waals surface area contributed by atoms with Crippen LogP contribution in [0, 0.1) is 5.92 Å². The van der Waals surface area contributed by atoms with Crippen LogP contribution in [-0.4, -0.2) is 24.7 Å². The second kappa shape index (κ2) is 8.08. The lowest BCUT2D eigenvalue weighted by molar-refractivity contribution is 0.553. The normalized spacial score (nSPS) is 12.0. The van der Waals surface area contributed by atoms with Gasteiger partial charge in [-0.2, -0.15) is 5.10 Å². The first kappa shape index (κ1) is 18.2. The third-order valence-electron chi connectivity index (χ3n) is 3.34. The Morgan fingerprint density at radius 3 is 2.52 bits per heavy atom. The summed E-state index contributed by atoms with van der Waals surface area (Å²) in [5, 5.41) is 4.13. The molecule has 0 bridgehead atoms. The molecule has 0 spiro atoms. The van der Waals surface area contributed by atoms with Crippen molar-refractivity contribution >= 4 is 26.0 Å². The molecule has 0 amide bonds. The van der Waals surface area contributed by atoms with Crippen LogP contribution < -0.4 is 4.72 Å². The van der Waals surface area contributed by atoms with E-state index in [0.29, 0.717) is 30.3 Å². The fraction of sp³-hybridized carbons (Fsp3) is 0.438. The van der Waals surface area contributed by atoms with E-state index in [1.807, 2.05) is 18.3 Å². The van der Waals surface area contributed by atoms with Gasteiger partial charge in [0.1, 0.15) is 0 Å². The smallest absolute Gasteiger partial charge is 0.240 e. The largest absolute Gasteiger partial charge is 0.272 e. The zero-order valence-electron chi connectivity index (χ0n) is 13.4. The Morgan fingerprint density at radius 2 is 1.96 bits per heavy atom. The highest BCUT2D eigenvalue weighted by atomic mass is 79.9. The molecule has 5 nitrogen and oxygen atoms in total. The molecule has 1 heterocycles. The minimum atomic E-state index is -3.44. The summed E-state index contributed by atoms with van der Waals surface area (Å²) in [5.74, 6) is 0.554. The number of benzene rings is 1. The number of rotatable bonds is 8. The highest BCUT2D eigenvalue weighted by Gasteiger charge is 2.13. The van der Waals surface area contributed by atoms with Crippen LogP contribution in [0.5, 0.6) is 0 Å². The summed E-state index contributed by atoms with van der Waals surface area (Å²) in [6.07, 6.45) is 5.21. The second-order valence-electron chi connectivity index (χ2n) is 5.91. The van der Waals surface area contributed by atoms with E-state index in [1.165, 1.54) is 0 Å². The van der Waals surface area contributed by atoms with E-state index in [-0.39, 0.29) is 0 Å². The minimum absolute atomic E-state index is 0.312. The Bertz CT molecular complexity index is 724. The molecule has 0 aliphatic heterocycles. The molecule has 23 heavy (non-hydrogen) atoms. The number of hydrogen-bond acceptors (Lipinski definition) is 3. The van der Waals surface area contributed by atoms with Crippen LogP contribution >= 0.6 is 15.9 Å². The first-order valence-electron chi connectivity index (χ1n) is 7.63. The molecule has 7 heteroatoms.